The van der Waals surface area contributed by atoms with Gasteiger partial charge in [0.15, 0.2) is 0 Å². The van der Waals surface area contributed by atoms with Gasteiger partial charge in [0.25, 0.3) is 0 Å². The Morgan fingerprint density at radius 1 is 1.28 bits per heavy atom. The molecule has 0 bridgehead atoms. The first kappa shape index (κ1) is 16.9. The molecule has 18 heavy (non-hydrogen) atoms. The van der Waals surface area contributed by atoms with E-state index >= 15 is 0 Å². The second-order valence-corrected chi connectivity index (χ2v) is 4.01. The zero-order chi connectivity index (χ0) is 14.0. The Morgan fingerprint density at radius 2 is 1.89 bits per heavy atom. The van der Waals surface area contributed by atoms with E-state index in [1.165, 1.54) is 14.0 Å². The maximum Gasteiger partial charge on any atom is 0.329 e. The monoisotopic (exact) mass is 259 g/mol. The first-order chi connectivity index (χ1) is 8.54. The van der Waals surface area contributed by atoms with Gasteiger partial charge in [-0.2, -0.15) is 0 Å². The Balaban J connectivity index is 3.96. The van der Waals surface area contributed by atoms with Gasteiger partial charge >= 0.3 is 5.97 Å². The highest BCUT2D eigenvalue weighted by atomic mass is 16.5. The average molecular weight is 259 g/mol. The Morgan fingerprint density at radius 3 is 2.33 bits per heavy atom. The SMILES string of the molecule is CCN(CC)CCNCC(NC(C)=O)C(=O)OC. The van der Waals surface area contributed by atoms with Crippen molar-refractivity contribution in [1.82, 2.24) is 15.5 Å². The largest absolute Gasteiger partial charge is 0.467 e. The molecule has 6 heteroatoms. The normalized spacial score (nSPS) is 12.3. The Kier molecular flexibility index (Phi) is 9.22. The van der Waals surface area contributed by atoms with E-state index in [0.29, 0.717) is 6.54 Å². The fourth-order valence-electron chi connectivity index (χ4n) is 1.60. The van der Waals surface area contributed by atoms with Crippen LogP contribution < -0.4 is 10.6 Å². The van der Waals surface area contributed by atoms with Crippen LogP contribution in [0.1, 0.15) is 20.8 Å². The number of carbonyl (C=O) groups is 2. The van der Waals surface area contributed by atoms with Crippen molar-refractivity contribution in [2.75, 3.05) is 39.8 Å². The molecule has 1 amide bonds. The van der Waals surface area contributed by atoms with Crippen molar-refractivity contribution in [2.45, 2.75) is 26.8 Å². The fourth-order valence-corrected chi connectivity index (χ4v) is 1.60. The first-order valence-electron chi connectivity index (χ1n) is 6.33. The molecule has 0 rings (SSSR count). The van der Waals surface area contributed by atoms with E-state index in [1.807, 2.05) is 0 Å². The third kappa shape index (κ3) is 7.24. The van der Waals surface area contributed by atoms with Crippen molar-refractivity contribution in [1.29, 1.82) is 0 Å². The Hall–Kier alpha value is -1.14. The molecule has 2 N–H and O–H groups in total. The minimum absolute atomic E-state index is 0.240. The minimum atomic E-state index is -0.621. The van der Waals surface area contributed by atoms with Crippen LogP contribution in [0.5, 0.6) is 0 Å². The lowest BCUT2D eigenvalue weighted by molar-refractivity contribution is -0.144. The molecule has 0 aliphatic heterocycles. The highest BCUT2D eigenvalue weighted by Gasteiger charge is 2.19. The highest BCUT2D eigenvalue weighted by molar-refractivity contribution is 5.83. The number of amides is 1. The summed E-state index contributed by atoms with van der Waals surface area (Å²) in [5, 5.41) is 5.71. The van der Waals surface area contributed by atoms with Crippen LogP contribution in [0, 0.1) is 0 Å². The summed E-state index contributed by atoms with van der Waals surface area (Å²) in [5.41, 5.74) is 0. The topological polar surface area (TPSA) is 70.7 Å². The second kappa shape index (κ2) is 9.85. The van der Waals surface area contributed by atoms with E-state index in [1.54, 1.807) is 0 Å². The van der Waals surface area contributed by atoms with E-state index in [0.717, 1.165) is 26.2 Å². The zero-order valence-corrected chi connectivity index (χ0v) is 11.8. The van der Waals surface area contributed by atoms with Crippen molar-refractivity contribution in [3.05, 3.63) is 0 Å². The summed E-state index contributed by atoms with van der Waals surface area (Å²) in [6.07, 6.45) is 0. The van der Waals surface area contributed by atoms with Crippen LogP contribution in [0.25, 0.3) is 0 Å². The Bertz CT molecular complexity index is 255. The van der Waals surface area contributed by atoms with Crippen molar-refractivity contribution in [2.24, 2.45) is 0 Å². The van der Waals surface area contributed by atoms with Gasteiger partial charge < -0.3 is 20.3 Å². The number of hydrogen-bond donors (Lipinski definition) is 2. The molecule has 6 nitrogen and oxygen atoms in total. The number of nitrogens with one attached hydrogen (secondary N) is 2. The van der Waals surface area contributed by atoms with Crippen LogP contribution in [0.3, 0.4) is 0 Å². The average Bonchev–Trinajstić information content (AvgIpc) is 2.36. The van der Waals surface area contributed by atoms with Crippen LogP contribution in [-0.2, 0) is 14.3 Å². The molecule has 0 aliphatic rings. The number of nitrogens with zero attached hydrogens (tertiary/aromatic N) is 1. The van der Waals surface area contributed by atoms with Crippen LogP contribution >= 0.6 is 0 Å². The molecule has 0 saturated heterocycles. The molecule has 0 aromatic carbocycles. The molecule has 0 heterocycles. The van der Waals surface area contributed by atoms with Crippen molar-refractivity contribution >= 4 is 11.9 Å². The number of methoxy groups -OCH3 is 1. The molecule has 0 aromatic heterocycles. The van der Waals surface area contributed by atoms with Crippen molar-refractivity contribution < 1.29 is 14.3 Å². The predicted molar refractivity (Wildman–Crippen MR) is 70.3 cm³/mol. The van der Waals surface area contributed by atoms with Gasteiger partial charge in [0.1, 0.15) is 6.04 Å². The van der Waals surface area contributed by atoms with Crippen LogP contribution in [0.2, 0.25) is 0 Å². The third-order valence-electron chi connectivity index (χ3n) is 2.71. The number of carbonyl (C=O) groups excluding carboxylic acids is 2. The molecule has 0 saturated carbocycles. The number of hydrogen-bond acceptors (Lipinski definition) is 5. The van der Waals surface area contributed by atoms with Gasteiger partial charge in [-0.25, -0.2) is 4.79 Å². The molecular weight excluding hydrogens is 234 g/mol. The minimum Gasteiger partial charge on any atom is -0.467 e. The lowest BCUT2D eigenvalue weighted by Crippen LogP contribution is -2.48. The van der Waals surface area contributed by atoms with E-state index in [4.69, 9.17) is 0 Å². The lowest BCUT2D eigenvalue weighted by atomic mass is 10.3. The van der Waals surface area contributed by atoms with Gasteiger partial charge in [0.2, 0.25) is 5.91 Å². The molecule has 0 aliphatic carbocycles. The summed E-state index contributed by atoms with van der Waals surface area (Å²) in [6.45, 7) is 9.68. The Labute approximate surface area is 109 Å². The summed E-state index contributed by atoms with van der Waals surface area (Å²) >= 11 is 0. The summed E-state index contributed by atoms with van der Waals surface area (Å²) in [4.78, 5) is 24.6. The molecule has 0 fully saturated rings. The van der Waals surface area contributed by atoms with Gasteiger partial charge in [-0.15, -0.1) is 0 Å². The maximum absolute atomic E-state index is 11.4. The summed E-state index contributed by atoms with van der Waals surface area (Å²) in [7, 11) is 1.31. The fraction of sp³-hybridized carbons (Fsp3) is 0.833. The molecule has 106 valence electrons. The predicted octanol–water partition coefficient (Wildman–Crippen LogP) is -0.404. The summed E-state index contributed by atoms with van der Waals surface area (Å²) in [5.74, 6) is -0.670. The van der Waals surface area contributed by atoms with Gasteiger partial charge in [0, 0.05) is 26.6 Å². The van der Waals surface area contributed by atoms with E-state index in [2.05, 4.69) is 34.1 Å². The smallest absolute Gasteiger partial charge is 0.329 e. The zero-order valence-electron chi connectivity index (χ0n) is 11.8. The van der Waals surface area contributed by atoms with Crippen LogP contribution in [0.4, 0.5) is 0 Å². The molecule has 1 atom stereocenters. The molecule has 0 spiro atoms. The van der Waals surface area contributed by atoms with E-state index < -0.39 is 12.0 Å². The maximum atomic E-state index is 11.4. The third-order valence-corrected chi connectivity index (χ3v) is 2.71. The summed E-state index contributed by atoms with van der Waals surface area (Å²) in [6, 6.07) is -0.621. The van der Waals surface area contributed by atoms with E-state index in [-0.39, 0.29) is 5.91 Å². The van der Waals surface area contributed by atoms with Gasteiger partial charge in [-0.05, 0) is 13.1 Å². The number of ether oxygens (including phenoxy) is 1. The molecule has 0 radical (unpaired) electrons. The number of likely N-dealkylation sites (N-methyl/N-ethyl adjacent to an activating group) is 1. The van der Waals surface area contributed by atoms with Crippen molar-refractivity contribution in [3.8, 4) is 0 Å². The first-order valence-corrected chi connectivity index (χ1v) is 6.33. The molecular formula is C12H25N3O3. The van der Waals surface area contributed by atoms with Crippen LogP contribution in [0.15, 0.2) is 0 Å². The molecule has 1 unspecified atom stereocenters. The standard InChI is InChI=1S/C12H25N3O3/c1-5-15(6-2)8-7-13-9-11(12(17)18-4)14-10(3)16/h11,13H,5-9H2,1-4H3,(H,14,16). The van der Waals surface area contributed by atoms with E-state index in [9.17, 15) is 9.59 Å². The second-order valence-electron chi connectivity index (χ2n) is 4.01. The van der Waals surface area contributed by atoms with Gasteiger partial charge in [-0.3, -0.25) is 4.79 Å². The van der Waals surface area contributed by atoms with Crippen LogP contribution in [-0.4, -0.2) is 62.7 Å². The molecule has 0 aromatic rings. The lowest BCUT2D eigenvalue weighted by Gasteiger charge is -2.20. The van der Waals surface area contributed by atoms with Gasteiger partial charge in [0.05, 0.1) is 7.11 Å². The quantitative estimate of drug-likeness (QED) is 0.435. The number of rotatable bonds is 9. The summed E-state index contributed by atoms with van der Waals surface area (Å²) < 4.78 is 4.63. The van der Waals surface area contributed by atoms with Gasteiger partial charge in [-0.1, -0.05) is 13.8 Å². The number of esters is 1. The van der Waals surface area contributed by atoms with Crippen molar-refractivity contribution in [3.63, 3.8) is 0 Å². The highest BCUT2D eigenvalue weighted by Crippen LogP contribution is 1.88.